The SMILES string of the molecule is CC(C)c1nccn1CC1CCN(C(=O)Nc2cccc(C(F)(F)F)c2)CC1. The molecule has 0 unspecified atom stereocenters. The highest BCUT2D eigenvalue weighted by atomic mass is 19.4. The van der Waals surface area contributed by atoms with Crippen molar-refractivity contribution in [2.75, 3.05) is 18.4 Å². The van der Waals surface area contributed by atoms with Crippen LogP contribution < -0.4 is 5.32 Å². The summed E-state index contributed by atoms with van der Waals surface area (Å²) in [5.41, 5.74) is -0.618. The fraction of sp³-hybridized carbons (Fsp3) is 0.500. The topological polar surface area (TPSA) is 50.2 Å². The number of nitrogens with one attached hydrogen (secondary N) is 1. The number of urea groups is 1. The number of imidazole rings is 1. The third-order valence-electron chi connectivity index (χ3n) is 5.06. The Kier molecular flexibility index (Phi) is 5.96. The van der Waals surface area contributed by atoms with Crippen molar-refractivity contribution in [2.24, 2.45) is 5.92 Å². The highest BCUT2D eigenvalue weighted by Crippen LogP contribution is 2.31. The Hall–Kier alpha value is -2.51. The van der Waals surface area contributed by atoms with E-state index in [2.05, 4.69) is 28.7 Å². The molecule has 1 aliphatic rings. The Morgan fingerprint density at radius 1 is 1.29 bits per heavy atom. The molecule has 152 valence electrons. The molecule has 1 saturated heterocycles. The molecule has 8 heteroatoms. The lowest BCUT2D eigenvalue weighted by Crippen LogP contribution is -2.41. The number of hydrogen-bond acceptors (Lipinski definition) is 2. The van der Waals surface area contributed by atoms with Crippen molar-refractivity contribution in [3.63, 3.8) is 0 Å². The van der Waals surface area contributed by atoms with Crippen LogP contribution >= 0.6 is 0 Å². The fourth-order valence-electron chi connectivity index (χ4n) is 3.55. The van der Waals surface area contributed by atoms with E-state index >= 15 is 0 Å². The summed E-state index contributed by atoms with van der Waals surface area (Å²) in [5, 5.41) is 2.58. The summed E-state index contributed by atoms with van der Waals surface area (Å²) >= 11 is 0. The Labute approximate surface area is 162 Å². The van der Waals surface area contributed by atoms with Crippen molar-refractivity contribution < 1.29 is 18.0 Å². The first kappa shape index (κ1) is 20.2. The molecular weight excluding hydrogens is 369 g/mol. The van der Waals surface area contributed by atoms with Crippen LogP contribution in [0.4, 0.5) is 23.7 Å². The summed E-state index contributed by atoms with van der Waals surface area (Å²) in [6.45, 7) is 6.26. The van der Waals surface area contributed by atoms with Crippen molar-refractivity contribution in [3.05, 3.63) is 48.0 Å². The second kappa shape index (κ2) is 8.24. The number of rotatable bonds is 4. The van der Waals surface area contributed by atoms with E-state index in [9.17, 15) is 18.0 Å². The molecule has 2 amide bonds. The summed E-state index contributed by atoms with van der Waals surface area (Å²) in [6, 6.07) is 4.34. The number of piperidine rings is 1. The van der Waals surface area contributed by atoms with Gasteiger partial charge in [0.25, 0.3) is 0 Å². The Morgan fingerprint density at radius 2 is 2.00 bits per heavy atom. The van der Waals surface area contributed by atoms with Crippen LogP contribution in [0, 0.1) is 5.92 Å². The predicted molar refractivity (Wildman–Crippen MR) is 101 cm³/mol. The number of aromatic nitrogens is 2. The van der Waals surface area contributed by atoms with E-state index in [1.807, 2.05) is 12.4 Å². The summed E-state index contributed by atoms with van der Waals surface area (Å²) in [4.78, 5) is 18.5. The maximum atomic E-state index is 12.8. The summed E-state index contributed by atoms with van der Waals surface area (Å²) < 4.78 is 40.6. The van der Waals surface area contributed by atoms with E-state index < -0.39 is 11.7 Å². The van der Waals surface area contributed by atoms with Crippen LogP contribution in [0.15, 0.2) is 36.7 Å². The number of amides is 2. The second-order valence-electron chi connectivity index (χ2n) is 7.53. The standard InChI is InChI=1S/C20H25F3N4O/c1-14(2)18-24-8-11-27(18)13-15-6-9-26(10-7-15)19(28)25-17-5-3-4-16(12-17)20(21,22)23/h3-5,8,11-12,14-15H,6-7,9-10,13H2,1-2H3,(H,25,28). The number of likely N-dealkylation sites (tertiary alicyclic amines) is 1. The predicted octanol–water partition coefficient (Wildman–Crippen LogP) is 4.97. The van der Waals surface area contributed by atoms with Crippen LogP contribution in [-0.2, 0) is 12.7 Å². The fourth-order valence-corrected chi connectivity index (χ4v) is 3.55. The van der Waals surface area contributed by atoms with Gasteiger partial charge in [0.1, 0.15) is 5.82 Å². The van der Waals surface area contributed by atoms with Crippen molar-refractivity contribution in [3.8, 4) is 0 Å². The molecule has 1 aliphatic heterocycles. The van der Waals surface area contributed by atoms with Crippen molar-refractivity contribution in [1.29, 1.82) is 0 Å². The van der Waals surface area contributed by atoms with Gasteiger partial charge in [-0.15, -0.1) is 0 Å². The zero-order chi connectivity index (χ0) is 20.3. The normalized spacial score (nSPS) is 15.9. The van der Waals surface area contributed by atoms with Crippen LogP contribution in [0.3, 0.4) is 0 Å². The molecular formula is C20H25F3N4O. The molecule has 28 heavy (non-hydrogen) atoms. The molecule has 3 rings (SSSR count). The number of anilines is 1. The first-order valence-electron chi connectivity index (χ1n) is 9.48. The maximum absolute atomic E-state index is 12.8. The molecule has 0 atom stereocenters. The molecule has 0 radical (unpaired) electrons. The van der Waals surface area contributed by atoms with E-state index in [4.69, 9.17) is 0 Å². The molecule has 2 aromatic rings. The van der Waals surface area contributed by atoms with Crippen LogP contribution in [0.5, 0.6) is 0 Å². The summed E-state index contributed by atoms with van der Waals surface area (Å²) in [6.07, 6.45) is 1.08. The average Bonchev–Trinajstić information content (AvgIpc) is 3.10. The Morgan fingerprint density at radius 3 is 2.64 bits per heavy atom. The van der Waals surface area contributed by atoms with Gasteiger partial charge in [0, 0.05) is 43.6 Å². The lowest BCUT2D eigenvalue weighted by Gasteiger charge is -2.32. The van der Waals surface area contributed by atoms with E-state index in [0.29, 0.717) is 24.9 Å². The minimum absolute atomic E-state index is 0.155. The van der Waals surface area contributed by atoms with E-state index in [-0.39, 0.29) is 11.7 Å². The average molecular weight is 394 g/mol. The van der Waals surface area contributed by atoms with Gasteiger partial charge < -0.3 is 14.8 Å². The first-order valence-corrected chi connectivity index (χ1v) is 9.48. The lowest BCUT2D eigenvalue weighted by atomic mass is 9.96. The van der Waals surface area contributed by atoms with Crippen molar-refractivity contribution in [1.82, 2.24) is 14.5 Å². The van der Waals surface area contributed by atoms with Gasteiger partial charge in [0.2, 0.25) is 0 Å². The molecule has 0 bridgehead atoms. The molecule has 2 heterocycles. The highest BCUT2D eigenvalue weighted by molar-refractivity contribution is 5.89. The first-order chi connectivity index (χ1) is 13.2. The Bertz CT molecular complexity index is 808. The lowest BCUT2D eigenvalue weighted by molar-refractivity contribution is -0.137. The van der Waals surface area contributed by atoms with Gasteiger partial charge in [-0.25, -0.2) is 9.78 Å². The smallest absolute Gasteiger partial charge is 0.334 e. The molecule has 1 fully saturated rings. The zero-order valence-electron chi connectivity index (χ0n) is 16.0. The molecule has 1 aromatic carbocycles. The minimum atomic E-state index is -4.43. The van der Waals surface area contributed by atoms with Crippen LogP contribution in [-0.4, -0.2) is 33.6 Å². The summed E-state index contributed by atoms with van der Waals surface area (Å²) in [7, 11) is 0. The van der Waals surface area contributed by atoms with Crippen molar-refractivity contribution in [2.45, 2.75) is 45.3 Å². The quantitative estimate of drug-likeness (QED) is 0.796. The molecule has 0 spiro atoms. The van der Waals surface area contributed by atoms with Crippen LogP contribution in [0.2, 0.25) is 0 Å². The Balaban J connectivity index is 1.53. The molecule has 1 N–H and O–H groups in total. The van der Waals surface area contributed by atoms with Gasteiger partial charge in [-0.1, -0.05) is 19.9 Å². The zero-order valence-corrected chi connectivity index (χ0v) is 16.0. The summed E-state index contributed by atoms with van der Waals surface area (Å²) in [5.74, 6) is 1.86. The number of hydrogen-bond donors (Lipinski definition) is 1. The van der Waals surface area contributed by atoms with Gasteiger partial charge in [0.05, 0.1) is 5.56 Å². The second-order valence-corrected chi connectivity index (χ2v) is 7.53. The van der Waals surface area contributed by atoms with Gasteiger partial charge in [-0.05, 0) is 37.0 Å². The molecule has 1 aromatic heterocycles. The van der Waals surface area contributed by atoms with Crippen LogP contribution in [0.1, 0.15) is 44.0 Å². The minimum Gasteiger partial charge on any atom is -0.334 e. The van der Waals surface area contributed by atoms with Gasteiger partial charge in [-0.2, -0.15) is 13.2 Å². The van der Waals surface area contributed by atoms with E-state index in [0.717, 1.165) is 37.3 Å². The number of alkyl halides is 3. The van der Waals surface area contributed by atoms with Crippen LogP contribution in [0.25, 0.3) is 0 Å². The van der Waals surface area contributed by atoms with Gasteiger partial charge in [0.15, 0.2) is 0 Å². The third-order valence-corrected chi connectivity index (χ3v) is 5.06. The van der Waals surface area contributed by atoms with E-state index in [1.165, 1.54) is 12.1 Å². The van der Waals surface area contributed by atoms with Gasteiger partial charge >= 0.3 is 12.2 Å². The molecule has 0 saturated carbocycles. The number of halogens is 3. The maximum Gasteiger partial charge on any atom is 0.416 e. The van der Waals surface area contributed by atoms with Gasteiger partial charge in [-0.3, -0.25) is 0 Å². The number of carbonyl (C=O) groups is 1. The third kappa shape index (κ3) is 4.85. The monoisotopic (exact) mass is 394 g/mol. The number of carbonyl (C=O) groups excluding carboxylic acids is 1. The number of benzene rings is 1. The van der Waals surface area contributed by atoms with Crippen molar-refractivity contribution >= 4 is 11.7 Å². The highest BCUT2D eigenvalue weighted by Gasteiger charge is 2.31. The largest absolute Gasteiger partial charge is 0.416 e. The number of nitrogens with zero attached hydrogens (tertiary/aromatic N) is 3. The molecule has 0 aliphatic carbocycles. The van der Waals surface area contributed by atoms with E-state index in [1.54, 1.807) is 4.90 Å². The molecule has 5 nitrogen and oxygen atoms in total.